The number of imidazole rings is 2. The third-order valence-electron chi connectivity index (χ3n) is 5.00. The molecule has 0 saturated carbocycles. The minimum Gasteiger partial charge on any atom is -0.480 e. The van der Waals surface area contributed by atoms with E-state index >= 15 is 4.39 Å². The van der Waals surface area contributed by atoms with Crippen LogP contribution in [0.15, 0.2) is 60.4 Å². The Labute approximate surface area is 195 Å². The molecule has 5 aromatic rings. The molecule has 14 heteroatoms. The van der Waals surface area contributed by atoms with Crippen LogP contribution in [0.2, 0.25) is 0 Å². The summed E-state index contributed by atoms with van der Waals surface area (Å²) in [6, 6.07) is 2.45. The molecule has 0 unspecified atom stereocenters. The maximum absolute atomic E-state index is 15.4. The summed E-state index contributed by atoms with van der Waals surface area (Å²) in [5.74, 6) is -3.07. The molecule has 0 fully saturated rings. The topological polar surface area (TPSA) is 127 Å². The highest BCUT2D eigenvalue weighted by molar-refractivity contribution is 7.92. The van der Waals surface area contributed by atoms with Gasteiger partial charge in [-0.2, -0.15) is 0 Å². The Hall–Kier alpha value is -4.46. The van der Waals surface area contributed by atoms with Crippen molar-refractivity contribution >= 4 is 21.2 Å². The number of ether oxygens (including phenoxy) is 1. The number of aromatic amines is 1. The van der Waals surface area contributed by atoms with E-state index < -0.39 is 49.5 Å². The highest BCUT2D eigenvalue weighted by Crippen LogP contribution is 2.32. The average Bonchev–Trinajstić information content (AvgIpc) is 3.50. The number of sulfonamides is 1. The van der Waals surface area contributed by atoms with Gasteiger partial charge in [0.25, 0.3) is 10.0 Å². The predicted molar refractivity (Wildman–Crippen MR) is 117 cm³/mol. The lowest BCUT2D eigenvalue weighted by Gasteiger charge is -2.13. The SMILES string of the molecule is COc1ncc(F)cc1S(=O)(=O)Nc1ccc(F)c(-c2cn3cnc(-c4ncc[nH]4)c3cn2)c1F. The summed E-state index contributed by atoms with van der Waals surface area (Å²) < 4.78 is 77.7. The number of anilines is 1. The van der Waals surface area contributed by atoms with Crippen LogP contribution in [0.3, 0.4) is 0 Å². The van der Waals surface area contributed by atoms with Gasteiger partial charge in [0.1, 0.15) is 23.7 Å². The number of halogens is 3. The first-order chi connectivity index (χ1) is 16.8. The van der Waals surface area contributed by atoms with Crippen molar-refractivity contribution in [3.63, 3.8) is 0 Å². The van der Waals surface area contributed by atoms with E-state index in [1.807, 2.05) is 4.72 Å². The number of methoxy groups -OCH3 is 1. The maximum Gasteiger partial charge on any atom is 0.267 e. The smallest absolute Gasteiger partial charge is 0.267 e. The van der Waals surface area contributed by atoms with Crippen LogP contribution in [0.1, 0.15) is 0 Å². The first kappa shape index (κ1) is 22.3. The number of fused-ring (bicyclic) bond motifs is 1. The van der Waals surface area contributed by atoms with Gasteiger partial charge in [0.05, 0.1) is 42.0 Å². The first-order valence-electron chi connectivity index (χ1n) is 9.81. The average molecular weight is 501 g/mol. The molecule has 0 amide bonds. The van der Waals surface area contributed by atoms with Gasteiger partial charge in [-0.3, -0.25) is 9.71 Å². The van der Waals surface area contributed by atoms with Crippen LogP contribution in [0.25, 0.3) is 28.3 Å². The highest BCUT2D eigenvalue weighted by Gasteiger charge is 2.26. The second-order valence-electron chi connectivity index (χ2n) is 7.15. The highest BCUT2D eigenvalue weighted by atomic mass is 32.2. The van der Waals surface area contributed by atoms with Gasteiger partial charge in [-0.1, -0.05) is 0 Å². The molecule has 4 aromatic heterocycles. The second kappa shape index (κ2) is 8.39. The standard InChI is InChI=1S/C21H14F3N7O3S/c1-34-21-16(6-11(22)7-28-21)35(32,33)30-13-3-2-12(23)17(18(13)24)14-9-31-10-29-19(15(31)8-27-14)20-25-4-5-26-20/h2-10,30H,1H3,(H,25,26). The molecule has 4 heterocycles. The van der Waals surface area contributed by atoms with Crippen LogP contribution in [0.4, 0.5) is 18.9 Å². The van der Waals surface area contributed by atoms with Crippen molar-refractivity contribution < 1.29 is 26.3 Å². The largest absolute Gasteiger partial charge is 0.480 e. The minimum absolute atomic E-state index is 0.123. The molecule has 1 aromatic carbocycles. The van der Waals surface area contributed by atoms with E-state index in [4.69, 9.17) is 4.74 Å². The van der Waals surface area contributed by atoms with E-state index in [-0.39, 0.29) is 5.69 Å². The van der Waals surface area contributed by atoms with Crippen molar-refractivity contribution in [1.82, 2.24) is 29.3 Å². The fourth-order valence-corrected chi connectivity index (χ4v) is 4.61. The Morgan fingerprint density at radius 2 is 1.91 bits per heavy atom. The van der Waals surface area contributed by atoms with Crippen molar-refractivity contribution in [2.75, 3.05) is 11.8 Å². The lowest BCUT2D eigenvalue weighted by atomic mass is 10.1. The molecular formula is C21H14F3N7O3S. The van der Waals surface area contributed by atoms with Gasteiger partial charge in [-0.25, -0.2) is 36.5 Å². The zero-order chi connectivity index (χ0) is 24.7. The molecule has 0 aliphatic rings. The van der Waals surface area contributed by atoms with Crippen molar-refractivity contribution in [2.24, 2.45) is 0 Å². The number of benzene rings is 1. The van der Waals surface area contributed by atoms with Gasteiger partial charge in [0, 0.05) is 24.7 Å². The van der Waals surface area contributed by atoms with Crippen LogP contribution in [0.5, 0.6) is 5.88 Å². The van der Waals surface area contributed by atoms with E-state index in [1.165, 1.54) is 23.1 Å². The second-order valence-corrected chi connectivity index (χ2v) is 8.80. The molecular weight excluding hydrogens is 487 g/mol. The molecule has 35 heavy (non-hydrogen) atoms. The number of aromatic nitrogens is 6. The fourth-order valence-electron chi connectivity index (χ4n) is 3.42. The Bertz CT molecular complexity index is 1670. The molecule has 5 rings (SSSR count). The molecule has 0 aliphatic carbocycles. The molecule has 10 nitrogen and oxygen atoms in total. The van der Waals surface area contributed by atoms with Crippen LogP contribution in [0, 0.1) is 17.5 Å². The zero-order valence-electron chi connectivity index (χ0n) is 17.7. The van der Waals surface area contributed by atoms with E-state index in [2.05, 4.69) is 24.9 Å². The van der Waals surface area contributed by atoms with E-state index in [9.17, 15) is 17.2 Å². The van der Waals surface area contributed by atoms with Crippen LogP contribution < -0.4 is 9.46 Å². The quantitative estimate of drug-likeness (QED) is 0.365. The lowest BCUT2D eigenvalue weighted by molar-refractivity contribution is 0.382. The van der Waals surface area contributed by atoms with Crippen molar-refractivity contribution in [3.05, 3.63) is 73.0 Å². The molecule has 178 valence electrons. The molecule has 0 bridgehead atoms. The summed E-state index contributed by atoms with van der Waals surface area (Å²) in [7, 11) is -3.41. The summed E-state index contributed by atoms with van der Waals surface area (Å²) in [4.78, 5) is 18.3. The number of rotatable bonds is 6. The summed E-state index contributed by atoms with van der Waals surface area (Å²) in [6.07, 6.45) is 8.06. The van der Waals surface area contributed by atoms with Crippen LogP contribution >= 0.6 is 0 Å². The number of H-pyrrole nitrogens is 1. The zero-order valence-corrected chi connectivity index (χ0v) is 18.5. The van der Waals surface area contributed by atoms with Gasteiger partial charge in [0.15, 0.2) is 16.5 Å². The van der Waals surface area contributed by atoms with E-state index in [0.29, 0.717) is 23.1 Å². The molecule has 2 N–H and O–H groups in total. The summed E-state index contributed by atoms with van der Waals surface area (Å²) >= 11 is 0. The Kier molecular flexibility index (Phi) is 5.36. The number of hydrogen-bond acceptors (Lipinski definition) is 7. The van der Waals surface area contributed by atoms with Crippen molar-refractivity contribution in [1.29, 1.82) is 0 Å². The van der Waals surface area contributed by atoms with Crippen LogP contribution in [-0.4, -0.2) is 44.8 Å². The van der Waals surface area contributed by atoms with Gasteiger partial charge >= 0.3 is 0 Å². The monoisotopic (exact) mass is 501 g/mol. The molecule has 0 aliphatic heterocycles. The number of nitrogens with zero attached hydrogens (tertiary/aromatic N) is 5. The molecule has 0 saturated heterocycles. The van der Waals surface area contributed by atoms with Crippen molar-refractivity contribution in [2.45, 2.75) is 4.90 Å². The minimum atomic E-state index is -4.56. The van der Waals surface area contributed by atoms with Gasteiger partial charge < -0.3 is 14.1 Å². The number of nitrogens with one attached hydrogen (secondary N) is 2. The Balaban J connectivity index is 1.56. The third-order valence-corrected chi connectivity index (χ3v) is 6.36. The molecule has 0 atom stereocenters. The van der Waals surface area contributed by atoms with E-state index in [1.54, 1.807) is 12.4 Å². The summed E-state index contributed by atoms with van der Waals surface area (Å²) in [5, 5.41) is 0. The van der Waals surface area contributed by atoms with Gasteiger partial charge in [0.2, 0.25) is 5.88 Å². The fraction of sp³-hybridized carbons (Fsp3) is 0.0476. The van der Waals surface area contributed by atoms with Crippen molar-refractivity contribution in [3.8, 4) is 28.7 Å². The predicted octanol–water partition coefficient (Wildman–Crippen LogP) is 3.41. The Morgan fingerprint density at radius 3 is 2.66 bits per heavy atom. The van der Waals surface area contributed by atoms with Crippen LogP contribution in [-0.2, 0) is 10.0 Å². The normalized spacial score (nSPS) is 11.7. The lowest BCUT2D eigenvalue weighted by Crippen LogP contribution is -2.16. The van der Waals surface area contributed by atoms with Gasteiger partial charge in [-0.15, -0.1) is 0 Å². The summed E-state index contributed by atoms with van der Waals surface area (Å²) in [6.45, 7) is 0. The molecule has 0 radical (unpaired) electrons. The Morgan fingerprint density at radius 1 is 1.09 bits per heavy atom. The molecule has 0 spiro atoms. The number of hydrogen-bond donors (Lipinski definition) is 2. The third kappa shape index (κ3) is 3.93. The first-order valence-corrected chi connectivity index (χ1v) is 11.3. The number of pyridine rings is 1. The van der Waals surface area contributed by atoms with E-state index in [0.717, 1.165) is 25.4 Å². The maximum atomic E-state index is 15.4. The summed E-state index contributed by atoms with van der Waals surface area (Å²) in [5.41, 5.74) is -0.288. The van der Waals surface area contributed by atoms with Gasteiger partial charge in [-0.05, 0) is 12.1 Å².